The Morgan fingerprint density at radius 3 is 2.77 bits per heavy atom. The summed E-state index contributed by atoms with van der Waals surface area (Å²) in [5.74, 6) is -1.14. The Bertz CT molecular complexity index is 606. The van der Waals surface area contributed by atoms with Gasteiger partial charge in [-0.1, -0.05) is 11.6 Å². The average Bonchev–Trinajstić information content (AvgIpc) is 2.83. The maximum Gasteiger partial charge on any atom is 0.252 e. The van der Waals surface area contributed by atoms with E-state index in [1.807, 2.05) is 0 Å². The Kier molecular flexibility index (Phi) is 4.72. The van der Waals surface area contributed by atoms with E-state index in [1.165, 1.54) is 30.2 Å². The van der Waals surface area contributed by atoms with Gasteiger partial charge in [0.2, 0.25) is 5.91 Å². The Morgan fingerprint density at radius 2 is 2.18 bits per heavy atom. The van der Waals surface area contributed by atoms with E-state index in [4.69, 9.17) is 16.3 Å². The second-order valence-electron chi connectivity index (χ2n) is 5.62. The van der Waals surface area contributed by atoms with Crippen LogP contribution in [-0.2, 0) is 14.3 Å². The maximum atomic E-state index is 13.2. The lowest BCUT2D eigenvalue weighted by Gasteiger charge is -2.24. The van der Waals surface area contributed by atoms with Crippen LogP contribution >= 0.6 is 11.6 Å². The summed E-state index contributed by atoms with van der Waals surface area (Å²) in [4.78, 5) is 25.9. The van der Waals surface area contributed by atoms with Gasteiger partial charge in [-0.05, 0) is 38.5 Å². The lowest BCUT2D eigenvalue weighted by Crippen LogP contribution is -2.50. The van der Waals surface area contributed by atoms with Crippen molar-refractivity contribution in [3.63, 3.8) is 0 Å². The molecule has 0 saturated carbocycles. The molecule has 2 rings (SSSR count). The molecule has 1 aromatic carbocycles. The number of benzene rings is 1. The van der Waals surface area contributed by atoms with Gasteiger partial charge in [-0.15, -0.1) is 0 Å². The van der Waals surface area contributed by atoms with Crippen molar-refractivity contribution < 1.29 is 18.7 Å². The van der Waals surface area contributed by atoms with Crippen LogP contribution in [0, 0.1) is 5.82 Å². The predicted octanol–water partition coefficient (Wildman–Crippen LogP) is 2.13. The summed E-state index contributed by atoms with van der Waals surface area (Å²) in [6, 6.07) is 3.48. The molecule has 0 radical (unpaired) electrons. The number of methoxy groups -OCH3 is 1. The molecule has 1 aliphatic rings. The van der Waals surface area contributed by atoms with E-state index in [0.717, 1.165) is 0 Å². The topological polar surface area (TPSA) is 58.6 Å². The van der Waals surface area contributed by atoms with Crippen LogP contribution in [0.25, 0.3) is 0 Å². The highest BCUT2D eigenvalue weighted by molar-refractivity contribution is 6.31. The van der Waals surface area contributed by atoms with E-state index >= 15 is 0 Å². The van der Waals surface area contributed by atoms with Crippen LogP contribution in [0.5, 0.6) is 0 Å². The zero-order valence-electron chi connectivity index (χ0n) is 12.7. The smallest absolute Gasteiger partial charge is 0.252 e. The van der Waals surface area contributed by atoms with Crippen molar-refractivity contribution in [2.75, 3.05) is 18.6 Å². The van der Waals surface area contributed by atoms with Crippen LogP contribution < -0.4 is 10.2 Å². The van der Waals surface area contributed by atoms with Crippen molar-refractivity contribution in [2.45, 2.75) is 31.9 Å². The SMILES string of the molecule is COC(C)(C)C(=O)NC1CCN(c2ccc(F)c(Cl)c2)C1=O. The highest BCUT2D eigenvalue weighted by atomic mass is 35.5. The molecule has 0 aliphatic carbocycles. The number of carbonyl (C=O) groups is 2. The van der Waals surface area contributed by atoms with Gasteiger partial charge in [0.1, 0.15) is 17.5 Å². The van der Waals surface area contributed by atoms with Crippen molar-refractivity contribution in [3.8, 4) is 0 Å². The van der Waals surface area contributed by atoms with Crippen molar-refractivity contribution in [1.29, 1.82) is 0 Å². The van der Waals surface area contributed by atoms with Gasteiger partial charge < -0.3 is 15.0 Å². The number of rotatable bonds is 4. The monoisotopic (exact) mass is 328 g/mol. The summed E-state index contributed by atoms with van der Waals surface area (Å²) in [5.41, 5.74) is -0.494. The number of ether oxygens (including phenoxy) is 1. The molecule has 0 bridgehead atoms. The van der Waals surface area contributed by atoms with E-state index in [-0.39, 0.29) is 16.8 Å². The summed E-state index contributed by atoms with van der Waals surface area (Å²) in [5, 5.41) is 2.64. The van der Waals surface area contributed by atoms with E-state index in [9.17, 15) is 14.0 Å². The first kappa shape index (κ1) is 16.7. The molecule has 22 heavy (non-hydrogen) atoms. The molecule has 1 heterocycles. The maximum absolute atomic E-state index is 13.2. The second kappa shape index (κ2) is 6.22. The fraction of sp³-hybridized carbons (Fsp3) is 0.467. The summed E-state index contributed by atoms with van der Waals surface area (Å²) < 4.78 is 18.3. The summed E-state index contributed by atoms with van der Waals surface area (Å²) in [7, 11) is 1.43. The Labute approximate surface area is 133 Å². The quantitative estimate of drug-likeness (QED) is 0.921. The minimum Gasteiger partial charge on any atom is -0.369 e. The summed E-state index contributed by atoms with van der Waals surface area (Å²) in [6.07, 6.45) is 0.472. The standard InChI is InChI=1S/C15H18ClFN2O3/c1-15(2,22-3)14(21)18-12-6-7-19(13(12)20)9-4-5-11(17)10(16)8-9/h4-5,8,12H,6-7H2,1-3H3,(H,18,21). The number of amides is 2. The van der Waals surface area contributed by atoms with Gasteiger partial charge in [-0.3, -0.25) is 9.59 Å². The Hall–Kier alpha value is -1.66. The summed E-state index contributed by atoms with van der Waals surface area (Å²) >= 11 is 5.74. The minimum absolute atomic E-state index is 0.0432. The van der Waals surface area contributed by atoms with Gasteiger partial charge in [0.15, 0.2) is 0 Å². The third-order valence-electron chi connectivity index (χ3n) is 3.78. The van der Waals surface area contributed by atoms with Gasteiger partial charge in [0, 0.05) is 19.3 Å². The number of hydrogen-bond donors (Lipinski definition) is 1. The fourth-order valence-electron chi connectivity index (χ4n) is 2.15. The highest BCUT2D eigenvalue weighted by Gasteiger charge is 2.37. The number of carbonyl (C=O) groups excluding carboxylic acids is 2. The molecule has 1 aliphatic heterocycles. The van der Waals surface area contributed by atoms with Crippen LogP contribution in [0.3, 0.4) is 0 Å². The van der Waals surface area contributed by atoms with E-state index in [2.05, 4.69) is 5.32 Å². The summed E-state index contributed by atoms with van der Waals surface area (Å²) in [6.45, 7) is 3.68. The first-order valence-corrected chi connectivity index (χ1v) is 7.26. The third-order valence-corrected chi connectivity index (χ3v) is 4.07. The third kappa shape index (κ3) is 3.23. The first-order chi connectivity index (χ1) is 10.3. The second-order valence-corrected chi connectivity index (χ2v) is 6.02. The normalized spacial score (nSPS) is 18.7. The number of halogens is 2. The molecule has 0 spiro atoms. The molecule has 1 atom stereocenters. The molecule has 5 nitrogen and oxygen atoms in total. The van der Waals surface area contributed by atoms with E-state index in [0.29, 0.717) is 18.7 Å². The van der Waals surface area contributed by atoms with Crippen LogP contribution in [0.2, 0.25) is 5.02 Å². The highest BCUT2D eigenvalue weighted by Crippen LogP contribution is 2.26. The fourth-order valence-corrected chi connectivity index (χ4v) is 2.32. The molecule has 7 heteroatoms. The molecule has 0 aromatic heterocycles. The van der Waals surface area contributed by atoms with E-state index in [1.54, 1.807) is 13.8 Å². The first-order valence-electron chi connectivity index (χ1n) is 6.89. The number of nitrogens with zero attached hydrogens (tertiary/aromatic N) is 1. The van der Waals surface area contributed by atoms with Crippen molar-refractivity contribution >= 4 is 29.1 Å². The van der Waals surface area contributed by atoms with Crippen LogP contribution in [0.4, 0.5) is 10.1 Å². The van der Waals surface area contributed by atoms with Gasteiger partial charge in [0.05, 0.1) is 5.02 Å². The average molecular weight is 329 g/mol. The molecule has 1 unspecified atom stereocenters. The zero-order valence-corrected chi connectivity index (χ0v) is 13.4. The minimum atomic E-state index is -1.01. The van der Waals surface area contributed by atoms with Crippen molar-refractivity contribution in [3.05, 3.63) is 29.0 Å². The molecular formula is C15H18ClFN2O3. The van der Waals surface area contributed by atoms with Crippen molar-refractivity contribution in [1.82, 2.24) is 5.32 Å². The van der Waals surface area contributed by atoms with Gasteiger partial charge in [0.25, 0.3) is 5.91 Å². The van der Waals surface area contributed by atoms with Gasteiger partial charge in [-0.2, -0.15) is 0 Å². The van der Waals surface area contributed by atoms with Crippen molar-refractivity contribution in [2.24, 2.45) is 0 Å². The molecular weight excluding hydrogens is 311 g/mol. The zero-order chi connectivity index (χ0) is 16.5. The number of nitrogens with one attached hydrogen (secondary N) is 1. The molecule has 1 fully saturated rings. The molecule has 1 saturated heterocycles. The lowest BCUT2D eigenvalue weighted by atomic mass is 10.1. The molecule has 1 aromatic rings. The molecule has 120 valence electrons. The Morgan fingerprint density at radius 1 is 1.50 bits per heavy atom. The molecule has 1 N–H and O–H groups in total. The van der Waals surface area contributed by atoms with Crippen LogP contribution in [-0.4, -0.2) is 37.1 Å². The Balaban J connectivity index is 2.10. The van der Waals surface area contributed by atoms with Gasteiger partial charge in [-0.25, -0.2) is 4.39 Å². The lowest BCUT2D eigenvalue weighted by molar-refractivity contribution is -0.141. The van der Waals surface area contributed by atoms with E-state index < -0.39 is 17.5 Å². The van der Waals surface area contributed by atoms with Crippen LogP contribution in [0.15, 0.2) is 18.2 Å². The number of anilines is 1. The molecule has 2 amide bonds. The van der Waals surface area contributed by atoms with Gasteiger partial charge >= 0.3 is 0 Å². The predicted molar refractivity (Wildman–Crippen MR) is 81.4 cm³/mol. The largest absolute Gasteiger partial charge is 0.369 e. The number of hydrogen-bond acceptors (Lipinski definition) is 3. The van der Waals surface area contributed by atoms with Crippen LogP contribution in [0.1, 0.15) is 20.3 Å².